The molecule has 1 aromatic heterocycles. The first kappa shape index (κ1) is 20.3. The van der Waals surface area contributed by atoms with E-state index in [0.717, 1.165) is 23.2 Å². The number of rotatable bonds is 7. The van der Waals surface area contributed by atoms with Crippen LogP contribution in [0.15, 0.2) is 53.9 Å². The minimum atomic E-state index is 0.0294. The van der Waals surface area contributed by atoms with E-state index >= 15 is 0 Å². The van der Waals surface area contributed by atoms with E-state index in [9.17, 15) is 4.79 Å². The van der Waals surface area contributed by atoms with Gasteiger partial charge in [-0.1, -0.05) is 55.0 Å². The molecule has 4 heteroatoms. The highest BCUT2D eigenvalue weighted by Gasteiger charge is 2.20. The number of amides is 1. The zero-order chi connectivity index (χ0) is 20.1. The Balaban J connectivity index is 1.72. The number of hydrogen-bond acceptors (Lipinski definition) is 2. The van der Waals surface area contributed by atoms with E-state index < -0.39 is 0 Å². The molecule has 3 nitrogen and oxygen atoms in total. The Kier molecular flexibility index (Phi) is 6.65. The maximum atomic E-state index is 12.7. The van der Waals surface area contributed by atoms with Crippen molar-refractivity contribution in [2.75, 3.05) is 11.9 Å². The Morgan fingerprint density at radius 3 is 2.32 bits per heavy atom. The van der Waals surface area contributed by atoms with Gasteiger partial charge in [0.05, 0.1) is 4.88 Å². The Morgan fingerprint density at radius 2 is 1.75 bits per heavy atom. The molecule has 0 saturated heterocycles. The highest BCUT2D eigenvalue weighted by Crippen LogP contribution is 2.24. The van der Waals surface area contributed by atoms with Gasteiger partial charge in [-0.15, -0.1) is 11.3 Å². The van der Waals surface area contributed by atoms with E-state index in [0.29, 0.717) is 6.54 Å². The van der Waals surface area contributed by atoms with Gasteiger partial charge >= 0.3 is 0 Å². The molecule has 0 aliphatic rings. The van der Waals surface area contributed by atoms with E-state index in [-0.39, 0.29) is 11.9 Å². The van der Waals surface area contributed by atoms with Crippen molar-refractivity contribution >= 4 is 22.9 Å². The highest BCUT2D eigenvalue weighted by molar-refractivity contribution is 7.10. The number of thiophene rings is 1. The first-order valence-electron chi connectivity index (χ1n) is 9.81. The van der Waals surface area contributed by atoms with Crippen LogP contribution in [-0.4, -0.2) is 12.5 Å². The third-order valence-corrected chi connectivity index (χ3v) is 6.03. The molecule has 0 radical (unpaired) electrons. The molecule has 0 saturated carbocycles. The molecular weight excluding hydrogens is 364 g/mol. The lowest BCUT2D eigenvalue weighted by molar-refractivity contribution is -0.675. The molecule has 0 aliphatic heterocycles. The predicted octanol–water partition coefficient (Wildman–Crippen LogP) is 4.53. The van der Waals surface area contributed by atoms with Gasteiger partial charge in [0.25, 0.3) is 5.91 Å². The van der Waals surface area contributed by atoms with E-state index in [2.05, 4.69) is 78.4 Å². The van der Waals surface area contributed by atoms with Crippen LogP contribution in [0.3, 0.4) is 0 Å². The summed E-state index contributed by atoms with van der Waals surface area (Å²) in [5.41, 5.74) is 6.93. The van der Waals surface area contributed by atoms with Crippen molar-refractivity contribution in [3.8, 4) is 0 Å². The minimum absolute atomic E-state index is 0.0294. The molecule has 3 aromatic rings. The molecule has 1 heterocycles. The van der Waals surface area contributed by atoms with Crippen LogP contribution in [0, 0.1) is 20.8 Å². The first-order chi connectivity index (χ1) is 13.5. The fourth-order valence-electron chi connectivity index (χ4n) is 3.64. The third-order valence-electron chi connectivity index (χ3n) is 5.08. The monoisotopic (exact) mass is 393 g/mol. The number of aryl methyl sites for hydroxylation is 4. The van der Waals surface area contributed by atoms with Crippen LogP contribution in [-0.2, 0) is 11.2 Å². The molecule has 0 fully saturated rings. The fourth-order valence-corrected chi connectivity index (χ4v) is 4.49. The Hall–Kier alpha value is -2.43. The molecule has 1 atom stereocenters. The number of carbonyl (C=O) groups excluding carboxylic acids is 1. The van der Waals surface area contributed by atoms with Crippen LogP contribution in [0.25, 0.3) is 0 Å². The molecule has 0 spiro atoms. The molecule has 0 aliphatic carbocycles. The van der Waals surface area contributed by atoms with Crippen molar-refractivity contribution in [1.29, 1.82) is 0 Å². The van der Waals surface area contributed by atoms with Crippen molar-refractivity contribution in [2.45, 2.75) is 40.2 Å². The van der Waals surface area contributed by atoms with Gasteiger partial charge in [-0.05, 0) is 55.3 Å². The molecule has 146 valence electrons. The van der Waals surface area contributed by atoms with Gasteiger partial charge in [0.15, 0.2) is 6.54 Å². The van der Waals surface area contributed by atoms with Crippen LogP contribution in [0.4, 0.5) is 5.69 Å². The summed E-state index contributed by atoms with van der Waals surface area (Å²) in [5, 5.41) is 7.33. The summed E-state index contributed by atoms with van der Waals surface area (Å²) in [5.74, 6) is 0.0294. The van der Waals surface area contributed by atoms with Crippen LogP contribution < -0.4 is 10.6 Å². The van der Waals surface area contributed by atoms with Crippen LogP contribution >= 0.6 is 11.3 Å². The van der Waals surface area contributed by atoms with Crippen LogP contribution in [0.1, 0.15) is 45.7 Å². The molecule has 0 unspecified atom stereocenters. The molecule has 28 heavy (non-hydrogen) atoms. The summed E-state index contributed by atoms with van der Waals surface area (Å²) >= 11 is 1.73. The summed E-state index contributed by atoms with van der Waals surface area (Å²) in [6.07, 6.45) is 1.03. The Morgan fingerprint density at radius 1 is 1.07 bits per heavy atom. The maximum absolute atomic E-state index is 12.7. The standard InChI is InChI=1S/C24H28N2OS/c1-5-19-8-10-20(11-9-19)24(21-7-6-12-28-21)25-15-22(27)26-23-17(3)13-16(2)14-18(23)4/h6-14,24-25H,5,15H2,1-4H3,(H,26,27)/p+1/t24-/m1/s1. The minimum Gasteiger partial charge on any atom is -0.328 e. The largest absolute Gasteiger partial charge is 0.328 e. The predicted molar refractivity (Wildman–Crippen MR) is 118 cm³/mol. The quantitative estimate of drug-likeness (QED) is 0.609. The third kappa shape index (κ3) is 4.89. The normalized spacial score (nSPS) is 12.0. The van der Waals surface area contributed by atoms with Crippen LogP contribution in [0.2, 0.25) is 0 Å². The van der Waals surface area contributed by atoms with Gasteiger partial charge in [-0.3, -0.25) is 4.79 Å². The molecule has 0 bridgehead atoms. The second-order valence-electron chi connectivity index (χ2n) is 7.35. The van der Waals surface area contributed by atoms with Gasteiger partial charge in [-0.25, -0.2) is 0 Å². The number of benzene rings is 2. The number of quaternary nitrogens is 1. The number of nitrogens with one attached hydrogen (secondary N) is 1. The zero-order valence-corrected chi connectivity index (χ0v) is 17.9. The topological polar surface area (TPSA) is 45.7 Å². The summed E-state index contributed by atoms with van der Waals surface area (Å²) in [7, 11) is 0. The lowest BCUT2D eigenvalue weighted by Gasteiger charge is -2.16. The molecule has 1 amide bonds. The maximum Gasteiger partial charge on any atom is 0.279 e. The van der Waals surface area contributed by atoms with E-state index in [1.165, 1.54) is 21.6 Å². The fraction of sp³-hybridized carbons (Fsp3) is 0.292. The lowest BCUT2D eigenvalue weighted by atomic mass is 10.0. The number of anilines is 1. The lowest BCUT2D eigenvalue weighted by Crippen LogP contribution is -2.87. The second-order valence-corrected chi connectivity index (χ2v) is 8.33. The van der Waals surface area contributed by atoms with Gasteiger partial charge in [0, 0.05) is 11.3 Å². The number of nitrogens with two attached hydrogens (primary N) is 1. The molecule has 2 aromatic carbocycles. The average Bonchev–Trinajstić information content (AvgIpc) is 3.20. The van der Waals surface area contributed by atoms with E-state index in [4.69, 9.17) is 0 Å². The van der Waals surface area contributed by atoms with Crippen molar-refractivity contribution in [3.05, 3.63) is 86.6 Å². The van der Waals surface area contributed by atoms with Gasteiger partial charge < -0.3 is 10.6 Å². The molecular formula is C24H29N2OS+. The average molecular weight is 394 g/mol. The second kappa shape index (κ2) is 9.18. The van der Waals surface area contributed by atoms with Crippen molar-refractivity contribution in [1.82, 2.24) is 0 Å². The van der Waals surface area contributed by atoms with Crippen molar-refractivity contribution < 1.29 is 10.1 Å². The van der Waals surface area contributed by atoms with Gasteiger partial charge in [0.2, 0.25) is 0 Å². The SMILES string of the molecule is CCc1ccc([C@@H]([NH2+]CC(=O)Nc2c(C)cc(C)cc2C)c2cccs2)cc1. The summed E-state index contributed by atoms with van der Waals surface area (Å²) in [6.45, 7) is 8.71. The number of carbonyl (C=O) groups is 1. The van der Waals surface area contributed by atoms with Crippen molar-refractivity contribution in [2.24, 2.45) is 0 Å². The summed E-state index contributed by atoms with van der Waals surface area (Å²) in [4.78, 5) is 13.9. The highest BCUT2D eigenvalue weighted by atomic mass is 32.1. The molecule has 3 rings (SSSR count). The van der Waals surface area contributed by atoms with Crippen molar-refractivity contribution in [3.63, 3.8) is 0 Å². The van der Waals surface area contributed by atoms with Gasteiger partial charge in [-0.2, -0.15) is 0 Å². The van der Waals surface area contributed by atoms with Crippen LogP contribution in [0.5, 0.6) is 0 Å². The zero-order valence-electron chi connectivity index (χ0n) is 17.1. The Bertz CT molecular complexity index is 907. The van der Waals surface area contributed by atoms with Gasteiger partial charge in [0.1, 0.15) is 6.04 Å². The summed E-state index contributed by atoms with van der Waals surface area (Å²) < 4.78 is 0. The number of hydrogen-bond donors (Lipinski definition) is 2. The van der Waals surface area contributed by atoms with E-state index in [1.54, 1.807) is 11.3 Å². The van der Waals surface area contributed by atoms with E-state index in [1.807, 2.05) is 13.8 Å². The smallest absolute Gasteiger partial charge is 0.279 e. The Labute approximate surface area is 171 Å². The summed E-state index contributed by atoms with van der Waals surface area (Å²) in [6, 6.07) is 17.3. The first-order valence-corrected chi connectivity index (χ1v) is 10.7. The molecule has 3 N–H and O–H groups in total.